The zero-order valence-electron chi connectivity index (χ0n) is 14.4. The van der Waals surface area contributed by atoms with Crippen molar-refractivity contribution in [1.82, 2.24) is 14.9 Å². The second-order valence-corrected chi connectivity index (χ2v) is 7.36. The topological polar surface area (TPSA) is 83.0 Å². The molecule has 2 N–H and O–H groups in total. The molecule has 9 heteroatoms. The Balaban J connectivity index is 0.00000484. The Kier molecular flexibility index (Phi) is 12.2. The van der Waals surface area contributed by atoms with Crippen molar-refractivity contribution in [1.29, 1.82) is 0 Å². The largest absolute Gasteiger partial charge is 0.378 e. The van der Waals surface area contributed by atoms with Crippen LogP contribution in [-0.4, -0.2) is 71.0 Å². The standard InChI is InChI=1S/C14H30N4O3S.HI/c1-4-21-13-7-11-18(12-8-13)14(15-3)16-9-6-10-17-22(19,20)5-2;/h13,17H,4-12H2,1-3H3,(H,15,16);1H. The molecule has 0 atom stereocenters. The number of halogens is 1. The molecule has 1 fully saturated rings. The maximum absolute atomic E-state index is 11.3. The SMILES string of the molecule is CCOC1CCN(C(=NC)NCCCNS(=O)(=O)CC)CC1.I. The number of rotatable bonds is 8. The van der Waals surface area contributed by atoms with Crippen molar-refractivity contribution < 1.29 is 13.2 Å². The lowest BCUT2D eigenvalue weighted by molar-refractivity contribution is 0.0264. The van der Waals surface area contributed by atoms with Crippen LogP contribution < -0.4 is 10.0 Å². The van der Waals surface area contributed by atoms with Crippen LogP contribution in [0.4, 0.5) is 0 Å². The summed E-state index contributed by atoms with van der Waals surface area (Å²) in [5.74, 6) is 1.00. The van der Waals surface area contributed by atoms with Gasteiger partial charge in [-0.2, -0.15) is 0 Å². The molecule has 0 aromatic rings. The number of ether oxygens (including phenoxy) is 1. The van der Waals surface area contributed by atoms with E-state index in [4.69, 9.17) is 4.74 Å². The molecule has 23 heavy (non-hydrogen) atoms. The number of likely N-dealkylation sites (tertiary alicyclic amines) is 1. The lowest BCUT2D eigenvalue weighted by Gasteiger charge is -2.34. The van der Waals surface area contributed by atoms with Crippen LogP contribution in [0.1, 0.15) is 33.1 Å². The molecular weight excluding hydrogens is 431 g/mol. The third-order valence-electron chi connectivity index (χ3n) is 3.69. The third kappa shape index (κ3) is 9.06. The van der Waals surface area contributed by atoms with Gasteiger partial charge in [-0.1, -0.05) is 0 Å². The van der Waals surface area contributed by atoms with Crippen LogP contribution in [0.5, 0.6) is 0 Å². The van der Waals surface area contributed by atoms with Crippen LogP contribution in [-0.2, 0) is 14.8 Å². The fourth-order valence-electron chi connectivity index (χ4n) is 2.42. The van der Waals surface area contributed by atoms with Gasteiger partial charge in [-0.3, -0.25) is 4.99 Å². The van der Waals surface area contributed by atoms with Gasteiger partial charge in [-0.25, -0.2) is 13.1 Å². The van der Waals surface area contributed by atoms with Gasteiger partial charge in [0, 0.05) is 39.8 Å². The van der Waals surface area contributed by atoms with Gasteiger partial charge in [0.2, 0.25) is 10.0 Å². The van der Waals surface area contributed by atoms with Crippen LogP contribution in [0, 0.1) is 0 Å². The van der Waals surface area contributed by atoms with Crippen molar-refractivity contribution in [3.63, 3.8) is 0 Å². The maximum Gasteiger partial charge on any atom is 0.211 e. The highest BCUT2D eigenvalue weighted by molar-refractivity contribution is 14.0. The first-order valence-electron chi connectivity index (χ1n) is 8.07. The monoisotopic (exact) mass is 462 g/mol. The van der Waals surface area contributed by atoms with Crippen LogP contribution in [0.3, 0.4) is 0 Å². The minimum Gasteiger partial charge on any atom is -0.378 e. The minimum atomic E-state index is -3.09. The van der Waals surface area contributed by atoms with Gasteiger partial charge in [-0.15, -0.1) is 24.0 Å². The summed E-state index contributed by atoms with van der Waals surface area (Å²) in [5.41, 5.74) is 0. The molecule has 0 saturated carbocycles. The Bertz CT molecular complexity index is 437. The summed E-state index contributed by atoms with van der Waals surface area (Å²) in [4.78, 5) is 6.53. The van der Waals surface area contributed by atoms with Crippen molar-refractivity contribution in [2.75, 3.05) is 45.6 Å². The van der Waals surface area contributed by atoms with E-state index < -0.39 is 10.0 Å². The molecule has 1 aliphatic heterocycles. The lowest BCUT2D eigenvalue weighted by atomic mass is 10.1. The molecule has 1 saturated heterocycles. The highest BCUT2D eigenvalue weighted by Crippen LogP contribution is 2.13. The summed E-state index contributed by atoms with van der Waals surface area (Å²) < 4.78 is 30.8. The average Bonchev–Trinajstić information content (AvgIpc) is 2.52. The number of piperidine rings is 1. The van der Waals surface area contributed by atoms with E-state index in [2.05, 4.69) is 19.9 Å². The summed E-state index contributed by atoms with van der Waals surface area (Å²) in [7, 11) is -1.32. The molecule has 0 radical (unpaired) electrons. The van der Waals surface area contributed by atoms with Crippen LogP contribution in [0.25, 0.3) is 0 Å². The highest BCUT2D eigenvalue weighted by Gasteiger charge is 2.21. The van der Waals surface area contributed by atoms with Gasteiger partial charge < -0.3 is 15.0 Å². The molecule has 0 bridgehead atoms. The fourth-order valence-corrected chi connectivity index (χ4v) is 3.08. The Morgan fingerprint density at radius 3 is 2.43 bits per heavy atom. The second-order valence-electron chi connectivity index (χ2n) is 5.27. The number of hydrogen-bond donors (Lipinski definition) is 2. The van der Waals surface area contributed by atoms with Crippen LogP contribution in [0.2, 0.25) is 0 Å². The normalized spacial score (nSPS) is 17.0. The maximum atomic E-state index is 11.3. The van der Waals surface area contributed by atoms with Crippen molar-refractivity contribution >= 4 is 40.0 Å². The summed E-state index contributed by atoms with van der Waals surface area (Å²) >= 11 is 0. The Hall–Kier alpha value is -0.130. The van der Waals surface area contributed by atoms with Crippen LogP contribution >= 0.6 is 24.0 Å². The molecular formula is C14H31IN4O3S. The average molecular weight is 462 g/mol. The van der Waals surface area contributed by atoms with Gasteiger partial charge in [-0.05, 0) is 33.1 Å². The molecule has 1 aliphatic rings. The molecule has 0 amide bonds. The Labute approximate surface area is 157 Å². The molecule has 0 aromatic carbocycles. The van der Waals surface area contributed by atoms with Gasteiger partial charge >= 0.3 is 0 Å². The molecule has 1 rings (SSSR count). The first-order chi connectivity index (χ1) is 10.5. The smallest absolute Gasteiger partial charge is 0.211 e. The summed E-state index contributed by atoms with van der Waals surface area (Å²) in [6.07, 6.45) is 3.13. The molecule has 0 spiro atoms. The van der Waals surface area contributed by atoms with Crippen molar-refractivity contribution in [2.45, 2.75) is 39.2 Å². The predicted molar refractivity (Wildman–Crippen MR) is 105 cm³/mol. The van der Waals surface area contributed by atoms with E-state index in [1.165, 1.54) is 0 Å². The van der Waals surface area contributed by atoms with E-state index >= 15 is 0 Å². The van der Waals surface area contributed by atoms with Crippen LogP contribution in [0.15, 0.2) is 4.99 Å². The fraction of sp³-hybridized carbons (Fsp3) is 0.929. The zero-order chi connectivity index (χ0) is 16.4. The molecule has 1 heterocycles. The van der Waals surface area contributed by atoms with E-state index in [0.29, 0.717) is 19.2 Å². The zero-order valence-corrected chi connectivity index (χ0v) is 17.5. The number of aliphatic imine (C=N–C) groups is 1. The second kappa shape index (κ2) is 12.3. The predicted octanol–water partition coefficient (Wildman–Crippen LogP) is 1.01. The van der Waals surface area contributed by atoms with Crippen molar-refractivity contribution in [3.05, 3.63) is 0 Å². The number of sulfonamides is 1. The van der Waals surface area contributed by atoms with E-state index in [9.17, 15) is 8.42 Å². The Morgan fingerprint density at radius 2 is 1.91 bits per heavy atom. The van der Waals surface area contributed by atoms with E-state index in [1.54, 1.807) is 14.0 Å². The molecule has 7 nitrogen and oxygen atoms in total. The molecule has 0 unspecified atom stereocenters. The van der Waals surface area contributed by atoms with Gasteiger partial charge in [0.15, 0.2) is 5.96 Å². The lowest BCUT2D eigenvalue weighted by Crippen LogP contribution is -2.47. The van der Waals surface area contributed by atoms with E-state index in [1.807, 2.05) is 6.92 Å². The minimum absolute atomic E-state index is 0. The number of hydrogen-bond acceptors (Lipinski definition) is 4. The van der Waals surface area contributed by atoms with Crippen molar-refractivity contribution in [2.24, 2.45) is 4.99 Å². The van der Waals surface area contributed by atoms with Gasteiger partial charge in [0.25, 0.3) is 0 Å². The van der Waals surface area contributed by atoms with Gasteiger partial charge in [0.05, 0.1) is 11.9 Å². The van der Waals surface area contributed by atoms with Gasteiger partial charge in [0.1, 0.15) is 0 Å². The number of nitrogens with one attached hydrogen (secondary N) is 2. The summed E-state index contributed by atoms with van der Waals surface area (Å²) in [6, 6.07) is 0. The molecule has 0 aliphatic carbocycles. The molecule has 0 aromatic heterocycles. The van der Waals surface area contributed by atoms with E-state index in [-0.39, 0.29) is 29.7 Å². The first-order valence-corrected chi connectivity index (χ1v) is 9.72. The highest BCUT2D eigenvalue weighted by atomic mass is 127. The Morgan fingerprint density at radius 1 is 1.26 bits per heavy atom. The summed E-state index contributed by atoms with van der Waals surface area (Å²) in [5, 5.41) is 3.29. The van der Waals surface area contributed by atoms with Crippen molar-refractivity contribution in [3.8, 4) is 0 Å². The quantitative estimate of drug-likeness (QED) is 0.244. The number of guanidine groups is 1. The molecule has 138 valence electrons. The third-order valence-corrected chi connectivity index (χ3v) is 5.10. The summed E-state index contributed by atoms with van der Waals surface area (Å²) in [6.45, 7) is 7.45. The number of nitrogens with zero attached hydrogens (tertiary/aromatic N) is 2. The van der Waals surface area contributed by atoms with E-state index in [0.717, 1.165) is 44.9 Å². The first kappa shape index (κ1) is 22.9.